The molecule has 2 unspecified atom stereocenters. The van der Waals surface area contributed by atoms with E-state index in [9.17, 15) is 0 Å². The molecule has 152 valence electrons. The standard InChI is InChI=1S/C23H29N5O/c1-16(2)13-27(19-11-10-17-7-3-4-8-18(17)19)22-21-23(25-14-24-22)28(15-26-21)20-9-5-6-12-29-20/h3-4,7-8,14-16,19-20H,5-6,9-13H2,1-2H3. The summed E-state index contributed by atoms with van der Waals surface area (Å²) in [5.74, 6) is 1.47. The third kappa shape index (κ3) is 3.39. The van der Waals surface area contributed by atoms with Gasteiger partial charge in [-0.15, -0.1) is 0 Å². The molecule has 2 atom stereocenters. The Labute approximate surface area is 171 Å². The lowest BCUT2D eigenvalue weighted by molar-refractivity contribution is -0.0298. The lowest BCUT2D eigenvalue weighted by Crippen LogP contribution is -2.32. The fourth-order valence-corrected chi connectivity index (χ4v) is 4.82. The first-order chi connectivity index (χ1) is 14.2. The van der Waals surface area contributed by atoms with Crippen LogP contribution in [0.3, 0.4) is 0 Å². The molecule has 0 spiro atoms. The lowest BCUT2D eigenvalue weighted by Gasteiger charge is -2.32. The molecule has 1 aliphatic heterocycles. The Morgan fingerprint density at radius 3 is 2.86 bits per heavy atom. The Hall–Kier alpha value is -2.47. The summed E-state index contributed by atoms with van der Waals surface area (Å²) in [7, 11) is 0. The van der Waals surface area contributed by atoms with Gasteiger partial charge in [0.15, 0.2) is 17.0 Å². The molecule has 6 heteroatoms. The van der Waals surface area contributed by atoms with Crippen molar-refractivity contribution in [1.29, 1.82) is 0 Å². The van der Waals surface area contributed by atoms with Gasteiger partial charge in [0.2, 0.25) is 0 Å². The number of imidazole rings is 1. The predicted molar refractivity (Wildman–Crippen MR) is 114 cm³/mol. The molecular formula is C23H29N5O. The minimum atomic E-state index is 0.0299. The number of fused-ring (bicyclic) bond motifs is 2. The average Bonchev–Trinajstić information content (AvgIpc) is 3.37. The molecule has 3 aromatic rings. The van der Waals surface area contributed by atoms with Gasteiger partial charge in [0.25, 0.3) is 0 Å². The summed E-state index contributed by atoms with van der Waals surface area (Å²) in [5.41, 5.74) is 4.64. The van der Waals surface area contributed by atoms with E-state index in [2.05, 4.69) is 52.6 Å². The van der Waals surface area contributed by atoms with Gasteiger partial charge in [-0.25, -0.2) is 15.0 Å². The predicted octanol–water partition coefficient (Wildman–Crippen LogP) is 4.68. The number of aryl methyl sites for hydroxylation is 1. The van der Waals surface area contributed by atoms with Crippen LogP contribution in [0.1, 0.15) is 62.9 Å². The maximum atomic E-state index is 5.99. The quantitative estimate of drug-likeness (QED) is 0.632. The zero-order valence-electron chi connectivity index (χ0n) is 17.3. The van der Waals surface area contributed by atoms with Crippen molar-refractivity contribution < 1.29 is 4.74 Å². The van der Waals surface area contributed by atoms with E-state index < -0.39 is 0 Å². The lowest BCUT2D eigenvalue weighted by atomic mass is 10.1. The number of ether oxygens (including phenoxy) is 1. The second-order valence-corrected chi connectivity index (χ2v) is 8.64. The summed E-state index contributed by atoms with van der Waals surface area (Å²) in [4.78, 5) is 16.6. The number of anilines is 1. The Kier molecular flexibility index (Phi) is 4.96. The molecule has 0 radical (unpaired) electrons. The summed E-state index contributed by atoms with van der Waals surface area (Å²) in [6.07, 6.45) is 9.16. The highest BCUT2D eigenvalue weighted by molar-refractivity contribution is 5.83. The first kappa shape index (κ1) is 18.6. The first-order valence-electron chi connectivity index (χ1n) is 10.9. The van der Waals surface area contributed by atoms with Crippen molar-refractivity contribution >= 4 is 17.0 Å². The third-order valence-electron chi connectivity index (χ3n) is 6.12. The molecule has 0 saturated carbocycles. The van der Waals surface area contributed by atoms with Gasteiger partial charge in [-0.1, -0.05) is 38.1 Å². The fourth-order valence-electron chi connectivity index (χ4n) is 4.82. The van der Waals surface area contributed by atoms with E-state index in [4.69, 9.17) is 14.7 Å². The normalized spacial score (nSPS) is 21.6. The van der Waals surface area contributed by atoms with Crippen molar-refractivity contribution in [2.24, 2.45) is 5.92 Å². The van der Waals surface area contributed by atoms with Crippen molar-refractivity contribution in [2.45, 2.75) is 58.2 Å². The molecule has 29 heavy (non-hydrogen) atoms. The van der Waals surface area contributed by atoms with Crippen LogP contribution in [0.2, 0.25) is 0 Å². The van der Waals surface area contributed by atoms with Gasteiger partial charge < -0.3 is 9.64 Å². The summed E-state index contributed by atoms with van der Waals surface area (Å²) in [5, 5.41) is 0. The molecule has 6 nitrogen and oxygen atoms in total. The smallest absolute Gasteiger partial charge is 0.167 e. The van der Waals surface area contributed by atoms with Gasteiger partial charge in [0.1, 0.15) is 12.6 Å². The molecule has 1 fully saturated rings. The molecular weight excluding hydrogens is 362 g/mol. The fraction of sp³-hybridized carbons (Fsp3) is 0.522. The van der Waals surface area contributed by atoms with Crippen molar-refractivity contribution in [2.75, 3.05) is 18.1 Å². The molecule has 2 aromatic heterocycles. The van der Waals surface area contributed by atoms with Gasteiger partial charge >= 0.3 is 0 Å². The van der Waals surface area contributed by atoms with Crippen LogP contribution in [0.25, 0.3) is 11.2 Å². The van der Waals surface area contributed by atoms with Gasteiger partial charge in [-0.2, -0.15) is 0 Å². The number of hydrogen-bond donors (Lipinski definition) is 0. The second kappa shape index (κ2) is 7.75. The average molecular weight is 392 g/mol. The summed E-state index contributed by atoms with van der Waals surface area (Å²) in [6.45, 7) is 6.28. The molecule has 5 rings (SSSR count). The van der Waals surface area contributed by atoms with Gasteiger partial charge in [0, 0.05) is 13.2 Å². The molecule has 0 amide bonds. The number of rotatable bonds is 5. The molecule has 2 aliphatic rings. The highest BCUT2D eigenvalue weighted by Crippen LogP contribution is 2.40. The van der Waals surface area contributed by atoms with Crippen LogP contribution in [-0.2, 0) is 11.2 Å². The maximum Gasteiger partial charge on any atom is 0.167 e. The van der Waals surface area contributed by atoms with Crippen molar-refractivity contribution in [3.8, 4) is 0 Å². The molecule has 3 heterocycles. The van der Waals surface area contributed by atoms with Crippen molar-refractivity contribution in [3.05, 3.63) is 48.0 Å². The van der Waals surface area contributed by atoms with Crippen LogP contribution in [-0.4, -0.2) is 32.7 Å². The number of nitrogens with zero attached hydrogens (tertiary/aromatic N) is 5. The molecule has 1 aliphatic carbocycles. The molecule has 0 bridgehead atoms. The topological polar surface area (TPSA) is 56.1 Å². The second-order valence-electron chi connectivity index (χ2n) is 8.64. The van der Waals surface area contributed by atoms with E-state index in [0.29, 0.717) is 12.0 Å². The Morgan fingerprint density at radius 2 is 2.03 bits per heavy atom. The minimum absolute atomic E-state index is 0.0299. The molecule has 1 saturated heterocycles. The highest BCUT2D eigenvalue weighted by Gasteiger charge is 2.31. The Bertz CT molecular complexity index is 992. The Balaban J connectivity index is 1.57. The van der Waals surface area contributed by atoms with Crippen LogP contribution >= 0.6 is 0 Å². The van der Waals surface area contributed by atoms with E-state index in [0.717, 1.165) is 55.8 Å². The highest BCUT2D eigenvalue weighted by atomic mass is 16.5. The number of benzene rings is 1. The van der Waals surface area contributed by atoms with E-state index in [-0.39, 0.29) is 6.23 Å². The number of hydrogen-bond acceptors (Lipinski definition) is 5. The SMILES string of the molecule is CC(C)CN(c1ncnc2c1ncn2C1CCCCO1)C1CCc2ccccc21. The van der Waals surface area contributed by atoms with E-state index in [1.54, 1.807) is 6.33 Å². The van der Waals surface area contributed by atoms with Gasteiger partial charge in [0.05, 0.1) is 12.4 Å². The monoisotopic (exact) mass is 391 g/mol. The van der Waals surface area contributed by atoms with Crippen LogP contribution in [0.5, 0.6) is 0 Å². The zero-order valence-corrected chi connectivity index (χ0v) is 17.3. The van der Waals surface area contributed by atoms with E-state index in [1.807, 2.05) is 6.33 Å². The largest absolute Gasteiger partial charge is 0.358 e. The zero-order chi connectivity index (χ0) is 19.8. The maximum absolute atomic E-state index is 5.99. The van der Waals surface area contributed by atoms with Gasteiger partial charge in [-0.3, -0.25) is 4.57 Å². The summed E-state index contributed by atoms with van der Waals surface area (Å²) >= 11 is 0. The van der Waals surface area contributed by atoms with E-state index >= 15 is 0 Å². The van der Waals surface area contributed by atoms with Crippen LogP contribution < -0.4 is 4.90 Å². The summed E-state index contributed by atoms with van der Waals surface area (Å²) < 4.78 is 8.08. The number of aromatic nitrogens is 4. The first-order valence-corrected chi connectivity index (χ1v) is 10.9. The summed E-state index contributed by atoms with van der Waals surface area (Å²) in [6, 6.07) is 9.15. The van der Waals surface area contributed by atoms with Crippen LogP contribution in [0.4, 0.5) is 5.82 Å². The van der Waals surface area contributed by atoms with Crippen molar-refractivity contribution in [1.82, 2.24) is 19.5 Å². The van der Waals surface area contributed by atoms with E-state index in [1.165, 1.54) is 17.5 Å². The third-order valence-corrected chi connectivity index (χ3v) is 6.12. The van der Waals surface area contributed by atoms with Crippen LogP contribution in [0.15, 0.2) is 36.9 Å². The molecule has 1 aromatic carbocycles. The molecule has 0 N–H and O–H groups in total. The minimum Gasteiger partial charge on any atom is -0.358 e. The van der Waals surface area contributed by atoms with Crippen molar-refractivity contribution in [3.63, 3.8) is 0 Å². The van der Waals surface area contributed by atoms with Gasteiger partial charge in [-0.05, 0) is 49.1 Å². The Morgan fingerprint density at radius 1 is 1.14 bits per heavy atom. The van der Waals surface area contributed by atoms with Crippen LogP contribution in [0, 0.1) is 5.92 Å².